The minimum Gasteiger partial charge on any atom is -0.490 e. The quantitative estimate of drug-likeness (QED) is 0.874. The number of primary amides is 1. The highest BCUT2D eigenvalue weighted by Gasteiger charge is 2.07. The Kier molecular flexibility index (Phi) is 4.03. The summed E-state index contributed by atoms with van der Waals surface area (Å²) in [5.41, 5.74) is 6.85. The van der Waals surface area contributed by atoms with Crippen LogP contribution in [0.25, 0.3) is 10.2 Å². The van der Waals surface area contributed by atoms with Crippen molar-refractivity contribution in [3.05, 3.63) is 21.6 Å². The Balaban J connectivity index is 2.07. The highest BCUT2D eigenvalue weighted by Crippen LogP contribution is 2.31. The predicted molar refractivity (Wildman–Crippen MR) is 73.1 cm³/mol. The molecule has 0 unspecified atom stereocenters. The summed E-state index contributed by atoms with van der Waals surface area (Å²) in [4.78, 5) is 14.7. The maximum absolute atomic E-state index is 10.4. The van der Waals surface area contributed by atoms with Crippen molar-refractivity contribution in [2.45, 2.75) is 6.92 Å². The van der Waals surface area contributed by atoms with Crippen molar-refractivity contribution in [1.29, 1.82) is 0 Å². The fraction of sp³-hybridized carbons (Fsp3) is 0.273. The number of rotatable bonds is 4. The molecule has 1 amide bonds. The molecule has 1 aromatic carbocycles. The molecule has 0 spiro atoms. The van der Waals surface area contributed by atoms with Gasteiger partial charge in [-0.2, -0.15) is 0 Å². The molecular formula is C11H11BrN2O3S. The van der Waals surface area contributed by atoms with E-state index in [4.69, 9.17) is 10.5 Å². The van der Waals surface area contributed by atoms with E-state index in [1.54, 1.807) is 11.3 Å². The lowest BCUT2D eigenvalue weighted by Crippen LogP contribution is -2.17. The number of nitrogens with two attached hydrogens (primary N) is 1. The second-order valence-corrected chi connectivity index (χ2v) is 5.88. The largest absolute Gasteiger partial charge is 0.490 e. The Morgan fingerprint density at radius 2 is 2.28 bits per heavy atom. The Morgan fingerprint density at radius 1 is 1.50 bits per heavy atom. The molecule has 0 aliphatic carbocycles. The molecule has 0 aliphatic heterocycles. The van der Waals surface area contributed by atoms with Crippen LogP contribution in [0.3, 0.4) is 0 Å². The Labute approximate surface area is 116 Å². The SMILES string of the molecule is Cc1cc(OCCOC(N)=O)cc2sc(Br)nc12. The van der Waals surface area contributed by atoms with E-state index in [0.29, 0.717) is 0 Å². The second kappa shape index (κ2) is 5.53. The first-order valence-electron chi connectivity index (χ1n) is 5.18. The molecule has 0 radical (unpaired) electrons. The van der Waals surface area contributed by atoms with Gasteiger partial charge < -0.3 is 15.2 Å². The van der Waals surface area contributed by atoms with Gasteiger partial charge in [-0.15, -0.1) is 11.3 Å². The third kappa shape index (κ3) is 3.11. The number of thiazole rings is 1. The topological polar surface area (TPSA) is 74.4 Å². The van der Waals surface area contributed by atoms with E-state index in [1.165, 1.54) is 0 Å². The Hall–Kier alpha value is -1.34. The lowest BCUT2D eigenvalue weighted by molar-refractivity contribution is 0.134. The molecule has 18 heavy (non-hydrogen) atoms. The van der Waals surface area contributed by atoms with Crippen LogP contribution in [0, 0.1) is 6.92 Å². The number of ether oxygens (including phenoxy) is 2. The molecule has 0 atom stereocenters. The fourth-order valence-corrected chi connectivity index (χ4v) is 3.02. The average molecular weight is 331 g/mol. The van der Waals surface area contributed by atoms with E-state index in [0.717, 1.165) is 25.4 Å². The molecule has 0 aliphatic rings. The van der Waals surface area contributed by atoms with Gasteiger partial charge in [-0.05, 0) is 40.5 Å². The number of hydrogen-bond donors (Lipinski definition) is 1. The summed E-state index contributed by atoms with van der Waals surface area (Å²) in [5, 5.41) is 0. The van der Waals surface area contributed by atoms with Crippen molar-refractivity contribution in [1.82, 2.24) is 4.98 Å². The van der Waals surface area contributed by atoms with Crippen LogP contribution in [0.4, 0.5) is 4.79 Å². The van der Waals surface area contributed by atoms with Crippen LogP contribution in [0.15, 0.2) is 16.0 Å². The van der Waals surface area contributed by atoms with Gasteiger partial charge in [0, 0.05) is 0 Å². The minimum atomic E-state index is -0.795. The molecule has 0 bridgehead atoms. The highest BCUT2D eigenvalue weighted by molar-refractivity contribution is 9.11. The average Bonchev–Trinajstić information content (AvgIpc) is 2.65. The first-order chi connectivity index (χ1) is 8.56. The number of benzene rings is 1. The molecule has 5 nitrogen and oxygen atoms in total. The molecular weight excluding hydrogens is 320 g/mol. The number of amides is 1. The van der Waals surface area contributed by atoms with Crippen molar-refractivity contribution < 1.29 is 14.3 Å². The predicted octanol–water partition coefficient (Wildman–Crippen LogP) is 2.84. The third-order valence-electron chi connectivity index (χ3n) is 2.23. The van der Waals surface area contributed by atoms with Gasteiger partial charge in [0.15, 0.2) is 3.92 Å². The second-order valence-electron chi connectivity index (χ2n) is 3.57. The Bertz CT molecular complexity index is 585. The summed E-state index contributed by atoms with van der Waals surface area (Å²) >= 11 is 4.90. The van der Waals surface area contributed by atoms with Gasteiger partial charge in [-0.25, -0.2) is 9.78 Å². The van der Waals surface area contributed by atoms with Crippen LogP contribution in [-0.2, 0) is 4.74 Å². The molecule has 0 saturated heterocycles. The van der Waals surface area contributed by atoms with Gasteiger partial charge in [-0.1, -0.05) is 0 Å². The molecule has 1 heterocycles. The van der Waals surface area contributed by atoms with Crippen molar-refractivity contribution in [3.63, 3.8) is 0 Å². The van der Waals surface area contributed by atoms with Crippen LogP contribution in [0.5, 0.6) is 5.75 Å². The van der Waals surface area contributed by atoms with E-state index < -0.39 is 6.09 Å². The zero-order chi connectivity index (χ0) is 13.1. The summed E-state index contributed by atoms with van der Waals surface area (Å²) in [6, 6.07) is 3.81. The first-order valence-corrected chi connectivity index (χ1v) is 6.79. The van der Waals surface area contributed by atoms with Crippen molar-refractivity contribution in [2.24, 2.45) is 5.73 Å². The maximum Gasteiger partial charge on any atom is 0.404 e. The van der Waals surface area contributed by atoms with E-state index in [-0.39, 0.29) is 13.2 Å². The summed E-state index contributed by atoms with van der Waals surface area (Å²) in [5.74, 6) is 0.726. The van der Waals surface area contributed by atoms with E-state index in [9.17, 15) is 4.79 Å². The summed E-state index contributed by atoms with van der Waals surface area (Å²) in [7, 11) is 0. The van der Waals surface area contributed by atoms with Crippen LogP contribution < -0.4 is 10.5 Å². The van der Waals surface area contributed by atoms with Gasteiger partial charge in [-0.3, -0.25) is 0 Å². The molecule has 2 N–H and O–H groups in total. The van der Waals surface area contributed by atoms with Crippen molar-refractivity contribution in [3.8, 4) is 5.75 Å². The lowest BCUT2D eigenvalue weighted by Gasteiger charge is -2.07. The zero-order valence-corrected chi connectivity index (χ0v) is 12.0. The van der Waals surface area contributed by atoms with Gasteiger partial charge in [0.1, 0.15) is 19.0 Å². The number of aryl methyl sites for hydroxylation is 1. The van der Waals surface area contributed by atoms with E-state index in [1.807, 2.05) is 19.1 Å². The van der Waals surface area contributed by atoms with Gasteiger partial charge in [0.2, 0.25) is 0 Å². The number of aromatic nitrogens is 1. The van der Waals surface area contributed by atoms with Crippen molar-refractivity contribution in [2.75, 3.05) is 13.2 Å². The van der Waals surface area contributed by atoms with Gasteiger partial charge in [0.25, 0.3) is 0 Å². The zero-order valence-electron chi connectivity index (χ0n) is 9.60. The molecule has 96 valence electrons. The van der Waals surface area contributed by atoms with Gasteiger partial charge >= 0.3 is 6.09 Å². The number of fused-ring (bicyclic) bond motifs is 1. The number of halogens is 1. The van der Waals surface area contributed by atoms with Crippen LogP contribution in [0.1, 0.15) is 5.56 Å². The standard InChI is InChI=1S/C11H11BrN2O3S/c1-6-4-7(16-2-3-17-11(13)15)5-8-9(6)14-10(12)18-8/h4-5H,2-3H2,1H3,(H2,13,15). The summed E-state index contributed by atoms with van der Waals surface area (Å²) in [6.07, 6.45) is -0.795. The number of hydrogen-bond acceptors (Lipinski definition) is 5. The number of carbonyl (C=O) groups excluding carboxylic acids is 1. The monoisotopic (exact) mass is 330 g/mol. The summed E-state index contributed by atoms with van der Waals surface area (Å²) < 4.78 is 12.0. The summed E-state index contributed by atoms with van der Waals surface area (Å²) in [6.45, 7) is 2.38. The number of carbonyl (C=O) groups is 1. The van der Waals surface area contributed by atoms with E-state index in [2.05, 4.69) is 25.7 Å². The molecule has 2 aromatic rings. The Morgan fingerprint density at radius 3 is 3.00 bits per heavy atom. The van der Waals surface area contributed by atoms with Crippen LogP contribution >= 0.6 is 27.3 Å². The van der Waals surface area contributed by atoms with Crippen LogP contribution in [0.2, 0.25) is 0 Å². The third-order valence-corrected chi connectivity index (χ3v) is 3.68. The molecule has 7 heteroatoms. The lowest BCUT2D eigenvalue weighted by atomic mass is 10.2. The molecule has 0 fully saturated rings. The van der Waals surface area contributed by atoms with E-state index >= 15 is 0 Å². The van der Waals surface area contributed by atoms with Gasteiger partial charge in [0.05, 0.1) is 10.2 Å². The fourth-order valence-electron chi connectivity index (χ4n) is 1.52. The molecule has 2 rings (SSSR count). The molecule has 1 aromatic heterocycles. The number of nitrogens with zero attached hydrogens (tertiary/aromatic N) is 1. The maximum atomic E-state index is 10.4. The van der Waals surface area contributed by atoms with Crippen molar-refractivity contribution >= 4 is 43.6 Å². The minimum absolute atomic E-state index is 0.138. The van der Waals surface area contributed by atoms with Crippen LogP contribution in [-0.4, -0.2) is 24.3 Å². The first kappa shape index (κ1) is 13.1. The highest BCUT2D eigenvalue weighted by atomic mass is 79.9. The smallest absolute Gasteiger partial charge is 0.404 e. The normalized spacial score (nSPS) is 10.6. The molecule has 0 saturated carbocycles.